The average molecular weight is 416 g/mol. The minimum absolute atomic E-state index is 0.0359. The third-order valence-electron chi connectivity index (χ3n) is 3.68. The molecule has 28 heavy (non-hydrogen) atoms. The monoisotopic (exact) mass is 415 g/mol. The molecule has 0 saturated heterocycles. The summed E-state index contributed by atoms with van der Waals surface area (Å²) in [7, 11) is 3.02. The molecule has 5 nitrogen and oxygen atoms in total. The van der Waals surface area contributed by atoms with Gasteiger partial charge in [0.25, 0.3) is 0 Å². The van der Waals surface area contributed by atoms with Crippen molar-refractivity contribution in [3.05, 3.63) is 58.6 Å². The number of rotatable bonds is 7. The van der Waals surface area contributed by atoms with Crippen molar-refractivity contribution in [3.8, 4) is 11.5 Å². The highest BCUT2D eigenvalue weighted by Gasteiger charge is 2.29. The molecule has 2 N–H and O–H groups in total. The number of nitrogens with one attached hydrogen (secondary N) is 2. The van der Waals surface area contributed by atoms with Crippen molar-refractivity contribution in [2.45, 2.75) is 19.3 Å². The molecular formula is C19H21ClF3N3O2. The number of halogens is 4. The Kier molecular flexibility index (Phi) is 7.80. The number of aliphatic imine (C=N–C) groups is 1. The van der Waals surface area contributed by atoms with E-state index in [1.807, 2.05) is 24.3 Å². The first-order valence-electron chi connectivity index (χ1n) is 8.36. The van der Waals surface area contributed by atoms with Gasteiger partial charge in [-0.3, -0.25) is 4.99 Å². The molecule has 152 valence electrons. The summed E-state index contributed by atoms with van der Waals surface area (Å²) in [6.07, 6.45) is -4.41. The highest BCUT2D eigenvalue weighted by molar-refractivity contribution is 6.30. The van der Waals surface area contributed by atoms with Gasteiger partial charge in [-0.15, -0.1) is 0 Å². The van der Waals surface area contributed by atoms with Gasteiger partial charge in [-0.2, -0.15) is 13.2 Å². The molecule has 2 aromatic carbocycles. The first-order chi connectivity index (χ1) is 13.3. The summed E-state index contributed by atoms with van der Waals surface area (Å²) in [6.45, 7) is -0.414. The van der Waals surface area contributed by atoms with Gasteiger partial charge in [-0.1, -0.05) is 29.8 Å². The second-order valence-corrected chi connectivity index (χ2v) is 6.23. The summed E-state index contributed by atoms with van der Waals surface area (Å²) in [5, 5.41) is 6.97. The van der Waals surface area contributed by atoms with Crippen LogP contribution in [0.15, 0.2) is 47.5 Å². The molecule has 0 spiro atoms. The third-order valence-corrected chi connectivity index (χ3v) is 3.93. The molecule has 0 radical (unpaired) electrons. The summed E-state index contributed by atoms with van der Waals surface area (Å²) in [4.78, 5) is 4.14. The Bertz CT molecular complexity index is 796. The standard InChI is InChI=1S/C19H21ClF3N3O2/c1-24-18(25-10-13-3-6-15(20)7-4-13)26-11-14-5-8-16(17(9-14)27-2)28-12-19(21,22)23/h3-9H,10-12H2,1-2H3,(H2,24,25,26). The lowest BCUT2D eigenvalue weighted by Crippen LogP contribution is -2.36. The van der Waals surface area contributed by atoms with E-state index in [1.54, 1.807) is 19.2 Å². The second-order valence-electron chi connectivity index (χ2n) is 5.79. The number of benzene rings is 2. The van der Waals surface area contributed by atoms with Crippen LogP contribution in [0, 0.1) is 0 Å². The van der Waals surface area contributed by atoms with Gasteiger partial charge in [0.15, 0.2) is 24.1 Å². The minimum atomic E-state index is -4.41. The van der Waals surface area contributed by atoms with Crippen molar-refractivity contribution in [1.29, 1.82) is 0 Å². The smallest absolute Gasteiger partial charge is 0.422 e. The van der Waals surface area contributed by atoms with Gasteiger partial charge in [-0.25, -0.2) is 0 Å². The quantitative estimate of drug-likeness (QED) is 0.527. The first kappa shape index (κ1) is 21.7. The zero-order chi connectivity index (χ0) is 20.6. The van der Waals surface area contributed by atoms with Crippen molar-refractivity contribution in [3.63, 3.8) is 0 Å². The molecule has 9 heteroatoms. The summed E-state index contributed by atoms with van der Waals surface area (Å²) in [5.74, 6) is 0.841. The van der Waals surface area contributed by atoms with Crippen molar-refractivity contribution in [1.82, 2.24) is 10.6 Å². The van der Waals surface area contributed by atoms with Crippen LogP contribution in [-0.4, -0.2) is 32.9 Å². The zero-order valence-electron chi connectivity index (χ0n) is 15.4. The van der Waals surface area contributed by atoms with Crippen LogP contribution in [0.5, 0.6) is 11.5 Å². The van der Waals surface area contributed by atoms with E-state index < -0.39 is 12.8 Å². The fourth-order valence-corrected chi connectivity index (χ4v) is 2.42. The molecule has 0 aliphatic rings. The number of alkyl halides is 3. The minimum Gasteiger partial charge on any atom is -0.493 e. The number of hydrogen-bond acceptors (Lipinski definition) is 3. The molecule has 0 amide bonds. The van der Waals surface area contributed by atoms with Crippen LogP contribution < -0.4 is 20.1 Å². The Morgan fingerprint density at radius 3 is 2.18 bits per heavy atom. The van der Waals surface area contributed by atoms with E-state index in [0.29, 0.717) is 24.1 Å². The molecule has 0 bridgehead atoms. The molecule has 0 unspecified atom stereocenters. The zero-order valence-corrected chi connectivity index (χ0v) is 16.2. The fraction of sp³-hybridized carbons (Fsp3) is 0.316. The summed E-state index contributed by atoms with van der Waals surface area (Å²) in [6, 6.07) is 12.2. The maximum Gasteiger partial charge on any atom is 0.422 e. The number of hydrogen-bond donors (Lipinski definition) is 2. The largest absolute Gasteiger partial charge is 0.493 e. The van der Waals surface area contributed by atoms with Gasteiger partial charge in [0.2, 0.25) is 0 Å². The molecular weight excluding hydrogens is 395 g/mol. The lowest BCUT2D eigenvalue weighted by Gasteiger charge is -2.15. The number of methoxy groups -OCH3 is 1. The van der Waals surface area contributed by atoms with E-state index in [9.17, 15) is 13.2 Å². The fourth-order valence-electron chi connectivity index (χ4n) is 2.30. The molecule has 0 aliphatic heterocycles. The van der Waals surface area contributed by atoms with Crippen molar-refractivity contribution in [2.24, 2.45) is 4.99 Å². The molecule has 2 rings (SSSR count). The van der Waals surface area contributed by atoms with Crippen LogP contribution in [-0.2, 0) is 13.1 Å². The van der Waals surface area contributed by atoms with Gasteiger partial charge in [0, 0.05) is 25.2 Å². The molecule has 0 saturated carbocycles. The topological polar surface area (TPSA) is 54.9 Å². The van der Waals surface area contributed by atoms with Crippen LogP contribution in [0.1, 0.15) is 11.1 Å². The Hall–Kier alpha value is -2.61. The van der Waals surface area contributed by atoms with E-state index in [-0.39, 0.29) is 11.5 Å². The highest BCUT2D eigenvalue weighted by atomic mass is 35.5. The average Bonchev–Trinajstić information content (AvgIpc) is 2.67. The Morgan fingerprint density at radius 2 is 1.61 bits per heavy atom. The lowest BCUT2D eigenvalue weighted by atomic mass is 10.2. The van der Waals surface area contributed by atoms with E-state index in [2.05, 4.69) is 15.6 Å². The number of ether oxygens (including phenoxy) is 2. The van der Waals surface area contributed by atoms with Gasteiger partial charge >= 0.3 is 6.18 Å². The number of guanidine groups is 1. The van der Waals surface area contributed by atoms with Crippen LogP contribution in [0.25, 0.3) is 0 Å². The van der Waals surface area contributed by atoms with Gasteiger partial charge < -0.3 is 20.1 Å². The molecule has 0 aromatic heterocycles. The van der Waals surface area contributed by atoms with E-state index in [1.165, 1.54) is 13.2 Å². The maximum absolute atomic E-state index is 12.3. The third kappa shape index (κ3) is 7.19. The molecule has 0 atom stereocenters. The Morgan fingerprint density at radius 1 is 1.00 bits per heavy atom. The normalized spacial score (nSPS) is 11.9. The van der Waals surface area contributed by atoms with Crippen LogP contribution in [0.3, 0.4) is 0 Å². The van der Waals surface area contributed by atoms with Crippen LogP contribution in [0.4, 0.5) is 13.2 Å². The predicted octanol–water partition coefficient (Wildman–Crippen LogP) is 4.15. The van der Waals surface area contributed by atoms with Gasteiger partial charge in [-0.05, 0) is 35.4 Å². The van der Waals surface area contributed by atoms with E-state index >= 15 is 0 Å². The molecule has 0 fully saturated rings. The highest BCUT2D eigenvalue weighted by Crippen LogP contribution is 2.29. The summed E-state index contributed by atoms with van der Waals surface area (Å²) >= 11 is 5.87. The van der Waals surface area contributed by atoms with Gasteiger partial charge in [0.05, 0.1) is 7.11 Å². The van der Waals surface area contributed by atoms with Gasteiger partial charge in [0.1, 0.15) is 0 Å². The van der Waals surface area contributed by atoms with E-state index in [4.69, 9.17) is 21.1 Å². The van der Waals surface area contributed by atoms with Crippen molar-refractivity contribution in [2.75, 3.05) is 20.8 Å². The summed E-state index contributed by atoms with van der Waals surface area (Å²) < 4.78 is 46.8. The molecule has 0 heterocycles. The van der Waals surface area contributed by atoms with Crippen molar-refractivity contribution >= 4 is 17.6 Å². The summed E-state index contributed by atoms with van der Waals surface area (Å²) in [5.41, 5.74) is 1.84. The van der Waals surface area contributed by atoms with Crippen LogP contribution >= 0.6 is 11.6 Å². The maximum atomic E-state index is 12.3. The van der Waals surface area contributed by atoms with Crippen molar-refractivity contribution < 1.29 is 22.6 Å². The van der Waals surface area contributed by atoms with E-state index in [0.717, 1.165) is 11.1 Å². The Labute approximate surface area is 166 Å². The predicted molar refractivity (Wildman–Crippen MR) is 103 cm³/mol. The first-order valence-corrected chi connectivity index (χ1v) is 8.74. The molecule has 2 aromatic rings. The second kappa shape index (κ2) is 10.1. The molecule has 0 aliphatic carbocycles. The Balaban J connectivity index is 1.91. The number of nitrogens with zero attached hydrogens (tertiary/aromatic N) is 1. The lowest BCUT2D eigenvalue weighted by molar-refractivity contribution is -0.153. The van der Waals surface area contributed by atoms with Crippen LogP contribution in [0.2, 0.25) is 5.02 Å². The SMILES string of the molecule is CN=C(NCc1ccc(Cl)cc1)NCc1ccc(OCC(F)(F)F)c(OC)c1.